The molecule has 0 saturated heterocycles. The van der Waals surface area contributed by atoms with Gasteiger partial charge in [0.1, 0.15) is 12.4 Å². The number of nitrogens with zero attached hydrogens (tertiary/aromatic N) is 1. The summed E-state index contributed by atoms with van der Waals surface area (Å²) >= 11 is 0. The van der Waals surface area contributed by atoms with Gasteiger partial charge in [-0.05, 0) is 54.2 Å². The van der Waals surface area contributed by atoms with E-state index in [-0.39, 0.29) is 6.42 Å². The van der Waals surface area contributed by atoms with Crippen LogP contribution in [0, 0.1) is 6.92 Å². The first-order valence-corrected chi connectivity index (χ1v) is 10.1. The fourth-order valence-corrected chi connectivity index (χ4v) is 3.58. The van der Waals surface area contributed by atoms with Crippen LogP contribution in [-0.4, -0.2) is 22.2 Å². The summed E-state index contributed by atoms with van der Waals surface area (Å²) < 4.78 is 8.37. The SMILES string of the molecule is Cc1ccc(C(C)C)c(OCCn2c(CCC(=O)O)ccc2-c2ccccc2)c1. The molecule has 0 radical (unpaired) electrons. The third-order valence-electron chi connectivity index (χ3n) is 5.10. The van der Waals surface area contributed by atoms with Crippen LogP contribution in [0.3, 0.4) is 0 Å². The van der Waals surface area contributed by atoms with Crippen molar-refractivity contribution in [2.45, 2.75) is 46.1 Å². The van der Waals surface area contributed by atoms with Gasteiger partial charge < -0.3 is 14.4 Å². The third-order valence-corrected chi connectivity index (χ3v) is 5.10. The van der Waals surface area contributed by atoms with E-state index < -0.39 is 5.97 Å². The number of carboxylic acids is 1. The molecule has 0 aliphatic rings. The molecule has 0 amide bonds. The molecule has 2 aromatic carbocycles. The van der Waals surface area contributed by atoms with Crippen molar-refractivity contribution in [3.63, 3.8) is 0 Å². The lowest BCUT2D eigenvalue weighted by Crippen LogP contribution is -2.13. The first-order valence-electron chi connectivity index (χ1n) is 10.1. The highest BCUT2D eigenvalue weighted by atomic mass is 16.5. The van der Waals surface area contributed by atoms with Crippen LogP contribution < -0.4 is 4.74 Å². The Hall–Kier alpha value is -3.01. The molecule has 0 saturated carbocycles. The summed E-state index contributed by atoms with van der Waals surface area (Å²) in [5, 5.41) is 9.09. The van der Waals surface area contributed by atoms with E-state index >= 15 is 0 Å². The van der Waals surface area contributed by atoms with E-state index in [1.165, 1.54) is 11.1 Å². The number of carbonyl (C=O) groups is 1. The topological polar surface area (TPSA) is 51.5 Å². The van der Waals surface area contributed by atoms with Gasteiger partial charge in [0.15, 0.2) is 0 Å². The lowest BCUT2D eigenvalue weighted by atomic mass is 10.0. The van der Waals surface area contributed by atoms with Crippen molar-refractivity contribution in [2.75, 3.05) is 6.61 Å². The molecule has 0 spiro atoms. The van der Waals surface area contributed by atoms with Crippen molar-refractivity contribution in [1.82, 2.24) is 4.57 Å². The van der Waals surface area contributed by atoms with Gasteiger partial charge in [-0.3, -0.25) is 4.79 Å². The van der Waals surface area contributed by atoms with Crippen LogP contribution in [0.1, 0.15) is 43.0 Å². The van der Waals surface area contributed by atoms with E-state index in [4.69, 9.17) is 9.84 Å². The molecule has 0 bridgehead atoms. The van der Waals surface area contributed by atoms with Gasteiger partial charge in [-0.2, -0.15) is 0 Å². The maximum absolute atomic E-state index is 11.1. The minimum absolute atomic E-state index is 0.120. The highest BCUT2D eigenvalue weighted by Gasteiger charge is 2.13. The summed E-state index contributed by atoms with van der Waals surface area (Å²) in [5.41, 5.74) is 5.61. The largest absolute Gasteiger partial charge is 0.491 e. The minimum atomic E-state index is -0.781. The third kappa shape index (κ3) is 5.29. The second-order valence-corrected chi connectivity index (χ2v) is 7.67. The maximum atomic E-state index is 11.1. The normalized spacial score (nSPS) is 11.0. The van der Waals surface area contributed by atoms with Crippen LogP contribution in [0.2, 0.25) is 0 Å². The molecule has 29 heavy (non-hydrogen) atoms. The molecule has 1 N–H and O–H groups in total. The van der Waals surface area contributed by atoms with E-state index in [9.17, 15) is 4.79 Å². The standard InChI is InChI=1S/C25H29NO3/c1-18(2)22-12-9-19(3)17-24(22)29-16-15-26-21(11-14-25(27)28)10-13-23(26)20-7-5-4-6-8-20/h4-10,12-13,17-18H,11,14-16H2,1-3H3,(H,27,28). The summed E-state index contributed by atoms with van der Waals surface area (Å²) in [5.74, 6) is 0.542. The fraction of sp³-hybridized carbons (Fsp3) is 0.320. The Balaban J connectivity index is 1.81. The Morgan fingerprint density at radius 2 is 1.83 bits per heavy atom. The molecule has 1 heterocycles. The first kappa shape index (κ1) is 20.7. The van der Waals surface area contributed by atoms with Gasteiger partial charge in [0.25, 0.3) is 0 Å². The molecule has 0 aliphatic heterocycles. The van der Waals surface area contributed by atoms with Gasteiger partial charge in [0.05, 0.1) is 13.0 Å². The predicted octanol–water partition coefficient (Wildman–Crippen LogP) is 5.68. The number of benzene rings is 2. The van der Waals surface area contributed by atoms with E-state index in [0.29, 0.717) is 25.5 Å². The second-order valence-electron chi connectivity index (χ2n) is 7.67. The Bertz CT molecular complexity index is 957. The van der Waals surface area contributed by atoms with E-state index in [1.54, 1.807) is 0 Å². The lowest BCUT2D eigenvalue weighted by molar-refractivity contribution is -0.136. The molecular formula is C25H29NO3. The summed E-state index contributed by atoms with van der Waals surface area (Å²) in [4.78, 5) is 11.1. The molecular weight excluding hydrogens is 362 g/mol. The van der Waals surface area contributed by atoms with Gasteiger partial charge in [0.2, 0.25) is 0 Å². The zero-order chi connectivity index (χ0) is 20.8. The predicted molar refractivity (Wildman–Crippen MR) is 117 cm³/mol. The zero-order valence-electron chi connectivity index (χ0n) is 17.4. The Labute approximate surface area is 172 Å². The molecule has 3 rings (SSSR count). The van der Waals surface area contributed by atoms with Crippen molar-refractivity contribution in [3.05, 3.63) is 77.5 Å². The maximum Gasteiger partial charge on any atom is 0.303 e. The van der Waals surface area contributed by atoms with Crippen LogP contribution >= 0.6 is 0 Å². The number of carboxylic acid groups (broad SMARTS) is 1. The molecule has 0 fully saturated rings. The fourth-order valence-electron chi connectivity index (χ4n) is 3.58. The van der Waals surface area contributed by atoms with Crippen LogP contribution in [0.5, 0.6) is 5.75 Å². The van der Waals surface area contributed by atoms with Gasteiger partial charge in [-0.25, -0.2) is 0 Å². The van der Waals surface area contributed by atoms with Crippen LogP contribution in [0.15, 0.2) is 60.7 Å². The number of hydrogen-bond donors (Lipinski definition) is 1. The number of ether oxygens (including phenoxy) is 1. The molecule has 0 atom stereocenters. The van der Waals surface area contributed by atoms with Gasteiger partial charge >= 0.3 is 5.97 Å². The number of aryl methyl sites for hydroxylation is 2. The van der Waals surface area contributed by atoms with E-state index in [0.717, 1.165) is 22.7 Å². The molecule has 152 valence electrons. The highest BCUT2D eigenvalue weighted by Crippen LogP contribution is 2.28. The number of hydrogen-bond acceptors (Lipinski definition) is 2. The summed E-state index contributed by atoms with van der Waals surface area (Å²) in [6.45, 7) is 7.60. The monoisotopic (exact) mass is 391 g/mol. The van der Waals surface area contributed by atoms with Gasteiger partial charge in [0, 0.05) is 11.4 Å². The number of aliphatic carboxylic acids is 1. The quantitative estimate of drug-likeness (QED) is 0.510. The van der Waals surface area contributed by atoms with Crippen LogP contribution in [0.4, 0.5) is 0 Å². The smallest absolute Gasteiger partial charge is 0.303 e. The van der Waals surface area contributed by atoms with Crippen molar-refractivity contribution in [1.29, 1.82) is 0 Å². The first-order chi connectivity index (χ1) is 14.0. The van der Waals surface area contributed by atoms with Crippen molar-refractivity contribution >= 4 is 5.97 Å². The molecule has 3 aromatic rings. The van der Waals surface area contributed by atoms with Crippen LogP contribution in [0.25, 0.3) is 11.3 Å². The van der Waals surface area contributed by atoms with Crippen molar-refractivity contribution in [2.24, 2.45) is 0 Å². The summed E-state index contributed by atoms with van der Waals surface area (Å²) in [6.07, 6.45) is 0.623. The zero-order valence-corrected chi connectivity index (χ0v) is 17.4. The van der Waals surface area contributed by atoms with Gasteiger partial charge in [-0.15, -0.1) is 0 Å². The molecule has 4 nitrogen and oxygen atoms in total. The second kappa shape index (κ2) is 9.46. The molecule has 4 heteroatoms. The molecule has 0 unspecified atom stereocenters. The lowest BCUT2D eigenvalue weighted by Gasteiger charge is -2.17. The molecule has 0 aliphatic carbocycles. The Morgan fingerprint density at radius 1 is 1.07 bits per heavy atom. The average Bonchev–Trinajstić information content (AvgIpc) is 3.09. The van der Waals surface area contributed by atoms with E-state index in [2.05, 4.69) is 61.7 Å². The Kier molecular flexibility index (Phi) is 6.76. The minimum Gasteiger partial charge on any atom is -0.491 e. The molecule has 1 aromatic heterocycles. The summed E-state index contributed by atoms with van der Waals surface area (Å²) in [6, 6.07) is 20.6. The number of aromatic nitrogens is 1. The van der Waals surface area contributed by atoms with E-state index in [1.807, 2.05) is 24.3 Å². The van der Waals surface area contributed by atoms with Crippen molar-refractivity contribution < 1.29 is 14.6 Å². The highest BCUT2D eigenvalue weighted by molar-refractivity contribution is 5.67. The summed E-state index contributed by atoms with van der Waals surface area (Å²) in [7, 11) is 0. The number of rotatable bonds is 9. The average molecular weight is 392 g/mol. The van der Waals surface area contributed by atoms with Crippen LogP contribution in [-0.2, 0) is 17.8 Å². The Morgan fingerprint density at radius 3 is 2.52 bits per heavy atom. The van der Waals surface area contributed by atoms with Gasteiger partial charge in [-0.1, -0.05) is 56.3 Å². The van der Waals surface area contributed by atoms with Crippen molar-refractivity contribution in [3.8, 4) is 17.0 Å².